The molecular formula is C21H29N3O6S2. The van der Waals surface area contributed by atoms with Gasteiger partial charge in [-0.15, -0.1) is 0 Å². The Bertz CT molecular complexity index is 1100. The van der Waals surface area contributed by atoms with E-state index in [4.69, 9.17) is 9.47 Å². The second kappa shape index (κ2) is 10.6. The number of hydrogen-bond acceptors (Lipinski definition) is 7. The Morgan fingerprint density at radius 1 is 0.906 bits per heavy atom. The first-order chi connectivity index (χ1) is 15.2. The molecule has 1 aliphatic rings. The molecule has 0 unspecified atom stereocenters. The summed E-state index contributed by atoms with van der Waals surface area (Å²) in [5, 5.41) is 0. The van der Waals surface area contributed by atoms with E-state index in [1.807, 2.05) is 30.3 Å². The van der Waals surface area contributed by atoms with Crippen LogP contribution in [0.5, 0.6) is 11.5 Å². The SMILES string of the molecule is COc1ccc(OC)c(S(=O)(=O)NCCS(=O)(=O)N2CCN(Cc3ccccc3)CC2)c1. The highest BCUT2D eigenvalue weighted by atomic mass is 32.2. The molecule has 1 aliphatic heterocycles. The standard InChI is InChI=1S/C21H29N3O6S2/c1-29-19-8-9-20(30-2)21(16-19)32(27,28)22-10-15-31(25,26)24-13-11-23(12-14-24)17-18-6-4-3-5-7-18/h3-9,16,22H,10-15,17H2,1-2H3. The van der Waals surface area contributed by atoms with Crippen molar-refractivity contribution in [2.75, 3.05) is 52.7 Å². The summed E-state index contributed by atoms with van der Waals surface area (Å²) in [5.41, 5.74) is 1.19. The van der Waals surface area contributed by atoms with E-state index >= 15 is 0 Å². The first-order valence-corrected chi connectivity index (χ1v) is 13.3. The first-order valence-electron chi connectivity index (χ1n) is 10.2. The van der Waals surface area contributed by atoms with Crippen LogP contribution in [0.3, 0.4) is 0 Å². The van der Waals surface area contributed by atoms with Crippen LogP contribution in [0.15, 0.2) is 53.4 Å². The van der Waals surface area contributed by atoms with Gasteiger partial charge in [-0.3, -0.25) is 4.90 Å². The molecule has 2 aromatic carbocycles. The van der Waals surface area contributed by atoms with Crippen LogP contribution < -0.4 is 14.2 Å². The Kier molecular flexibility index (Phi) is 8.12. The fourth-order valence-electron chi connectivity index (χ4n) is 3.51. The van der Waals surface area contributed by atoms with Gasteiger partial charge in [0.1, 0.15) is 16.4 Å². The predicted molar refractivity (Wildman–Crippen MR) is 122 cm³/mol. The van der Waals surface area contributed by atoms with Gasteiger partial charge in [0.25, 0.3) is 0 Å². The summed E-state index contributed by atoms with van der Waals surface area (Å²) in [4.78, 5) is 2.10. The van der Waals surface area contributed by atoms with Crippen molar-refractivity contribution >= 4 is 20.0 Å². The zero-order valence-corrected chi connectivity index (χ0v) is 19.9. The van der Waals surface area contributed by atoms with Gasteiger partial charge < -0.3 is 9.47 Å². The van der Waals surface area contributed by atoms with Crippen molar-refractivity contribution < 1.29 is 26.3 Å². The van der Waals surface area contributed by atoms with Gasteiger partial charge >= 0.3 is 0 Å². The molecule has 0 radical (unpaired) electrons. The first kappa shape index (κ1) is 24.5. The number of methoxy groups -OCH3 is 2. The fourth-order valence-corrected chi connectivity index (χ4v) is 6.19. The Labute approximate surface area is 190 Å². The second-order valence-electron chi connectivity index (χ2n) is 7.39. The zero-order chi connectivity index (χ0) is 23.2. The van der Waals surface area contributed by atoms with Gasteiger partial charge in [-0.05, 0) is 17.7 Å². The monoisotopic (exact) mass is 483 g/mol. The minimum atomic E-state index is -3.98. The van der Waals surface area contributed by atoms with Crippen molar-refractivity contribution in [2.45, 2.75) is 11.4 Å². The van der Waals surface area contributed by atoms with Crippen molar-refractivity contribution in [1.29, 1.82) is 0 Å². The molecule has 32 heavy (non-hydrogen) atoms. The van der Waals surface area contributed by atoms with Crippen molar-refractivity contribution in [3.05, 3.63) is 54.1 Å². The van der Waals surface area contributed by atoms with E-state index in [2.05, 4.69) is 9.62 Å². The lowest BCUT2D eigenvalue weighted by Gasteiger charge is -2.34. The van der Waals surface area contributed by atoms with E-state index in [0.29, 0.717) is 31.9 Å². The highest BCUT2D eigenvalue weighted by Crippen LogP contribution is 2.28. The zero-order valence-electron chi connectivity index (χ0n) is 18.2. The van der Waals surface area contributed by atoms with E-state index in [-0.39, 0.29) is 22.9 Å². The van der Waals surface area contributed by atoms with Gasteiger partial charge in [-0.2, -0.15) is 4.31 Å². The van der Waals surface area contributed by atoms with Crippen LogP contribution in [0.4, 0.5) is 0 Å². The Morgan fingerprint density at radius 3 is 2.22 bits per heavy atom. The van der Waals surface area contributed by atoms with Gasteiger partial charge in [0.2, 0.25) is 20.0 Å². The summed E-state index contributed by atoms with van der Waals surface area (Å²) in [7, 11) is -4.78. The Morgan fingerprint density at radius 2 is 1.59 bits per heavy atom. The van der Waals surface area contributed by atoms with E-state index in [1.54, 1.807) is 6.07 Å². The predicted octanol–water partition coefficient (Wildman–Crippen LogP) is 1.13. The van der Waals surface area contributed by atoms with Crippen LogP contribution >= 0.6 is 0 Å². The molecule has 176 valence electrons. The number of rotatable bonds is 10. The van der Waals surface area contributed by atoms with E-state index < -0.39 is 20.0 Å². The molecule has 0 amide bonds. The molecule has 9 nitrogen and oxygen atoms in total. The van der Waals surface area contributed by atoms with Crippen LogP contribution in [0.25, 0.3) is 0 Å². The maximum atomic E-state index is 12.7. The lowest BCUT2D eigenvalue weighted by Crippen LogP contribution is -2.49. The van der Waals surface area contributed by atoms with Gasteiger partial charge in [-0.25, -0.2) is 21.6 Å². The molecule has 1 N–H and O–H groups in total. The maximum Gasteiger partial charge on any atom is 0.244 e. The number of hydrogen-bond donors (Lipinski definition) is 1. The number of nitrogens with zero attached hydrogens (tertiary/aromatic N) is 2. The number of nitrogens with one attached hydrogen (secondary N) is 1. The van der Waals surface area contributed by atoms with Gasteiger partial charge in [0.05, 0.1) is 20.0 Å². The van der Waals surface area contributed by atoms with Crippen LogP contribution in [0, 0.1) is 0 Å². The normalized spacial score (nSPS) is 16.1. The summed E-state index contributed by atoms with van der Waals surface area (Å²) in [6.07, 6.45) is 0. The molecule has 3 rings (SSSR count). The molecule has 1 fully saturated rings. The van der Waals surface area contributed by atoms with Crippen molar-refractivity contribution in [3.8, 4) is 11.5 Å². The molecule has 1 saturated heterocycles. The minimum Gasteiger partial charge on any atom is -0.497 e. The molecule has 0 spiro atoms. The third-order valence-corrected chi connectivity index (χ3v) is 8.64. The molecule has 0 aliphatic carbocycles. The number of sulfonamides is 2. The molecule has 1 heterocycles. The van der Waals surface area contributed by atoms with Gasteiger partial charge in [-0.1, -0.05) is 30.3 Å². The molecule has 0 atom stereocenters. The van der Waals surface area contributed by atoms with E-state index in [9.17, 15) is 16.8 Å². The highest BCUT2D eigenvalue weighted by molar-refractivity contribution is 7.90. The molecular weight excluding hydrogens is 454 g/mol. The molecule has 0 saturated carbocycles. The average Bonchev–Trinajstić information content (AvgIpc) is 2.79. The fraction of sp³-hybridized carbons (Fsp3) is 0.429. The number of ether oxygens (including phenoxy) is 2. The van der Waals surface area contributed by atoms with Crippen LogP contribution in [0.1, 0.15) is 5.56 Å². The number of benzene rings is 2. The van der Waals surface area contributed by atoms with Crippen LogP contribution in [-0.4, -0.2) is 78.7 Å². The molecule has 2 aromatic rings. The lowest BCUT2D eigenvalue weighted by atomic mass is 10.2. The highest BCUT2D eigenvalue weighted by Gasteiger charge is 2.28. The molecule has 11 heteroatoms. The van der Waals surface area contributed by atoms with Crippen LogP contribution in [0.2, 0.25) is 0 Å². The summed E-state index contributed by atoms with van der Waals surface area (Å²) in [6, 6.07) is 14.4. The number of piperazine rings is 1. The minimum absolute atomic E-state index is 0.105. The smallest absolute Gasteiger partial charge is 0.244 e. The molecule has 0 aromatic heterocycles. The lowest BCUT2D eigenvalue weighted by molar-refractivity contribution is 0.181. The summed E-state index contributed by atoms with van der Waals surface area (Å²) < 4.78 is 64.8. The Balaban J connectivity index is 1.54. The maximum absolute atomic E-state index is 12.7. The van der Waals surface area contributed by atoms with Crippen molar-refractivity contribution in [3.63, 3.8) is 0 Å². The molecule has 0 bridgehead atoms. The Hall–Kier alpha value is -2.18. The van der Waals surface area contributed by atoms with E-state index in [1.165, 1.54) is 36.2 Å². The summed E-state index contributed by atoms with van der Waals surface area (Å²) >= 11 is 0. The third-order valence-electron chi connectivity index (χ3n) is 5.29. The van der Waals surface area contributed by atoms with Gasteiger partial charge in [0, 0.05) is 45.3 Å². The summed E-state index contributed by atoms with van der Waals surface area (Å²) in [5.74, 6) is 0.180. The topological polar surface area (TPSA) is 105 Å². The second-order valence-corrected chi connectivity index (χ2v) is 11.2. The van der Waals surface area contributed by atoms with Gasteiger partial charge in [0.15, 0.2) is 0 Å². The largest absolute Gasteiger partial charge is 0.497 e. The van der Waals surface area contributed by atoms with E-state index in [0.717, 1.165) is 6.54 Å². The van der Waals surface area contributed by atoms with Crippen LogP contribution in [-0.2, 0) is 26.6 Å². The quantitative estimate of drug-likeness (QED) is 0.540. The third kappa shape index (κ3) is 6.20. The van der Waals surface area contributed by atoms with Crippen molar-refractivity contribution in [1.82, 2.24) is 13.9 Å². The average molecular weight is 484 g/mol. The summed E-state index contributed by atoms with van der Waals surface area (Å²) in [6.45, 7) is 2.55. The van der Waals surface area contributed by atoms with Crippen molar-refractivity contribution in [2.24, 2.45) is 0 Å².